The fourth-order valence-electron chi connectivity index (χ4n) is 5.52. The standard InChI is InChI=1S/C29H42Br2N2/c1-32(2)19-11-7-5-9-17-29(18-10-6-8-12-20-33(3)4)27-21-23(30)13-15-25(27)26-16-14-24(31)22-28(26)29/h13-16,21-22H,5-12,17-20H2,1-4H3. The van der Waals surface area contributed by atoms with Crippen LogP contribution in [0.2, 0.25) is 0 Å². The van der Waals surface area contributed by atoms with E-state index in [2.05, 4.69) is 106 Å². The Bertz CT molecular complexity index is 818. The highest BCUT2D eigenvalue weighted by Gasteiger charge is 2.42. The quantitative estimate of drug-likeness (QED) is 0.208. The molecule has 182 valence electrons. The molecular formula is C29H42Br2N2. The Kier molecular flexibility index (Phi) is 10.5. The molecule has 4 heteroatoms. The summed E-state index contributed by atoms with van der Waals surface area (Å²) in [5, 5.41) is 0. The van der Waals surface area contributed by atoms with Gasteiger partial charge in [0.2, 0.25) is 0 Å². The van der Waals surface area contributed by atoms with Crippen LogP contribution in [0.15, 0.2) is 45.3 Å². The summed E-state index contributed by atoms with van der Waals surface area (Å²) >= 11 is 7.58. The highest BCUT2D eigenvalue weighted by molar-refractivity contribution is 9.10. The van der Waals surface area contributed by atoms with E-state index in [1.54, 1.807) is 11.1 Å². The first-order chi connectivity index (χ1) is 15.8. The van der Waals surface area contributed by atoms with Gasteiger partial charge in [-0.25, -0.2) is 0 Å². The van der Waals surface area contributed by atoms with E-state index in [-0.39, 0.29) is 5.41 Å². The van der Waals surface area contributed by atoms with Gasteiger partial charge in [0.25, 0.3) is 0 Å². The van der Waals surface area contributed by atoms with Crippen molar-refractivity contribution in [2.75, 3.05) is 41.3 Å². The minimum Gasteiger partial charge on any atom is -0.309 e. The first-order valence-corrected chi connectivity index (χ1v) is 14.3. The molecule has 1 aliphatic carbocycles. The van der Waals surface area contributed by atoms with Gasteiger partial charge in [-0.2, -0.15) is 0 Å². The van der Waals surface area contributed by atoms with E-state index in [9.17, 15) is 0 Å². The van der Waals surface area contributed by atoms with Crippen LogP contribution in [0.3, 0.4) is 0 Å². The van der Waals surface area contributed by atoms with Crippen molar-refractivity contribution < 1.29 is 0 Å². The SMILES string of the molecule is CN(C)CCCCCCC1(CCCCCCN(C)C)c2cc(Br)ccc2-c2ccc(Br)cc21. The molecule has 1 aliphatic rings. The summed E-state index contributed by atoms with van der Waals surface area (Å²) in [6.45, 7) is 2.40. The van der Waals surface area contributed by atoms with Gasteiger partial charge in [-0.15, -0.1) is 0 Å². The van der Waals surface area contributed by atoms with Gasteiger partial charge in [0.1, 0.15) is 0 Å². The van der Waals surface area contributed by atoms with Crippen molar-refractivity contribution in [3.63, 3.8) is 0 Å². The molecule has 0 aromatic heterocycles. The zero-order valence-electron chi connectivity index (χ0n) is 21.1. The fourth-order valence-corrected chi connectivity index (χ4v) is 6.24. The predicted octanol–water partition coefficient (Wildman–Crippen LogP) is 8.50. The number of unbranched alkanes of at least 4 members (excludes halogenated alkanes) is 6. The highest BCUT2D eigenvalue weighted by atomic mass is 79.9. The summed E-state index contributed by atoms with van der Waals surface area (Å²) in [5.74, 6) is 0. The van der Waals surface area contributed by atoms with Crippen LogP contribution in [-0.4, -0.2) is 51.1 Å². The summed E-state index contributed by atoms with van der Waals surface area (Å²) in [4.78, 5) is 4.60. The van der Waals surface area contributed by atoms with Crippen molar-refractivity contribution in [2.24, 2.45) is 0 Å². The number of nitrogens with zero attached hydrogens (tertiary/aromatic N) is 2. The molecule has 0 spiro atoms. The Morgan fingerprint density at radius 3 is 1.36 bits per heavy atom. The van der Waals surface area contributed by atoms with E-state index in [1.165, 1.54) is 97.4 Å². The van der Waals surface area contributed by atoms with Crippen molar-refractivity contribution in [3.8, 4) is 11.1 Å². The van der Waals surface area contributed by atoms with Crippen LogP contribution in [0.25, 0.3) is 11.1 Å². The van der Waals surface area contributed by atoms with Gasteiger partial charge in [-0.05, 0) is 113 Å². The first-order valence-electron chi connectivity index (χ1n) is 12.7. The monoisotopic (exact) mass is 576 g/mol. The van der Waals surface area contributed by atoms with Crippen molar-refractivity contribution in [3.05, 3.63) is 56.5 Å². The smallest absolute Gasteiger partial charge is 0.0216 e. The van der Waals surface area contributed by atoms with Gasteiger partial charge in [-0.3, -0.25) is 0 Å². The molecule has 0 aliphatic heterocycles. The van der Waals surface area contributed by atoms with Crippen molar-refractivity contribution in [1.29, 1.82) is 0 Å². The maximum atomic E-state index is 3.79. The molecule has 2 aromatic carbocycles. The summed E-state index contributed by atoms with van der Waals surface area (Å²) < 4.78 is 2.41. The first kappa shape index (κ1) is 26.9. The molecule has 0 amide bonds. The summed E-state index contributed by atoms with van der Waals surface area (Å²) in [5.41, 5.74) is 6.13. The number of hydrogen-bond donors (Lipinski definition) is 0. The molecule has 33 heavy (non-hydrogen) atoms. The number of benzene rings is 2. The van der Waals surface area contributed by atoms with Gasteiger partial charge in [0.05, 0.1) is 0 Å². The minimum atomic E-state index is 0.140. The Hall–Kier alpha value is -0.680. The number of rotatable bonds is 14. The van der Waals surface area contributed by atoms with E-state index in [0.717, 1.165) is 0 Å². The zero-order chi connectivity index (χ0) is 23.8. The number of hydrogen-bond acceptors (Lipinski definition) is 2. The minimum absolute atomic E-state index is 0.140. The fraction of sp³-hybridized carbons (Fsp3) is 0.586. The summed E-state index contributed by atoms with van der Waals surface area (Å²) in [6.07, 6.45) is 13.0. The molecule has 0 bridgehead atoms. The number of halogens is 2. The van der Waals surface area contributed by atoms with Crippen molar-refractivity contribution >= 4 is 31.9 Å². The van der Waals surface area contributed by atoms with Gasteiger partial charge in [-0.1, -0.05) is 82.5 Å². The van der Waals surface area contributed by atoms with Crippen LogP contribution in [-0.2, 0) is 5.41 Å². The maximum absolute atomic E-state index is 3.79. The van der Waals surface area contributed by atoms with Crippen LogP contribution in [0, 0.1) is 0 Å². The second-order valence-electron chi connectivity index (χ2n) is 10.4. The number of fused-ring (bicyclic) bond motifs is 3. The Labute approximate surface area is 219 Å². The molecule has 0 heterocycles. The van der Waals surface area contributed by atoms with E-state index < -0.39 is 0 Å². The molecule has 0 saturated heterocycles. The van der Waals surface area contributed by atoms with E-state index in [0.29, 0.717) is 0 Å². The third kappa shape index (κ3) is 7.16. The largest absolute Gasteiger partial charge is 0.309 e. The lowest BCUT2D eigenvalue weighted by atomic mass is 9.70. The Balaban J connectivity index is 1.80. The second kappa shape index (κ2) is 12.9. The lowest BCUT2D eigenvalue weighted by molar-refractivity contribution is 0.368. The van der Waals surface area contributed by atoms with E-state index in [1.807, 2.05) is 0 Å². The molecule has 0 unspecified atom stereocenters. The third-order valence-corrected chi connectivity index (χ3v) is 8.19. The van der Waals surface area contributed by atoms with Crippen LogP contribution in [0.1, 0.15) is 75.3 Å². The lowest BCUT2D eigenvalue weighted by Gasteiger charge is -2.33. The van der Waals surface area contributed by atoms with Gasteiger partial charge in [0.15, 0.2) is 0 Å². The van der Waals surface area contributed by atoms with Crippen LogP contribution in [0.5, 0.6) is 0 Å². The van der Waals surface area contributed by atoms with Gasteiger partial charge in [0, 0.05) is 14.4 Å². The van der Waals surface area contributed by atoms with Gasteiger partial charge < -0.3 is 9.80 Å². The molecule has 0 saturated carbocycles. The molecular weight excluding hydrogens is 536 g/mol. The van der Waals surface area contributed by atoms with Gasteiger partial charge >= 0.3 is 0 Å². The average Bonchev–Trinajstić information content (AvgIpc) is 3.01. The third-order valence-electron chi connectivity index (χ3n) is 7.20. The summed E-state index contributed by atoms with van der Waals surface area (Å²) in [7, 11) is 8.70. The zero-order valence-corrected chi connectivity index (χ0v) is 24.3. The Morgan fingerprint density at radius 1 is 0.576 bits per heavy atom. The topological polar surface area (TPSA) is 6.48 Å². The molecule has 0 fully saturated rings. The molecule has 0 atom stereocenters. The molecule has 3 rings (SSSR count). The predicted molar refractivity (Wildman–Crippen MR) is 151 cm³/mol. The molecule has 2 nitrogen and oxygen atoms in total. The van der Waals surface area contributed by atoms with Crippen LogP contribution in [0.4, 0.5) is 0 Å². The van der Waals surface area contributed by atoms with Crippen molar-refractivity contribution in [2.45, 2.75) is 69.6 Å². The van der Waals surface area contributed by atoms with Crippen molar-refractivity contribution in [1.82, 2.24) is 9.80 Å². The van der Waals surface area contributed by atoms with Crippen LogP contribution >= 0.6 is 31.9 Å². The Morgan fingerprint density at radius 2 is 0.970 bits per heavy atom. The second-order valence-corrected chi connectivity index (χ2v) is 12.2. The average molecular weight is 578 g/mol. The molecule has 0 radical (unpaired) electrons. The molecule has 0 N–H and O–H groups in total. The maximum Gasteiger partial charge on any atom is 0.0216 e. The summed E-state index contributed by atoms with van der Waals surface area (Å²) in [6, 6.07) is 13.9. The van der Waals surface area contributed by atoms with E-state index in [4.69, 9.17) is 0 Å². The lowest BCUT2D eigenvalue weighted by Crippen LogP contribution is -2.25. The normalized spacial score (nSPS) is 14.2. The van der Waals surface area contributed by atoms with E-state index >= 15 is 0 Å². The molecule has 2 aromatic rings. The van der Waals surface area contributed by atoms with Crippen LogP contribution < -0.4 is 0 Å². The highest BCUT2D eigenvalue weighted by Crippen LogP contribution is 2.55.